The summed E-state index contributed by atoms with van der Waals surface area (Å²) in [6.45, 7) is 0. The molecule has 5 rings (SSSR count). The molecule has 0 saturated carbocycles. The fourth-order valence-corrected chi connectivity index (χ4v) is 6.34. The molecule has 10 nitrogen and oxygen atoms in total. The summed E-state index contributed by atoms with van der Waals surface area (Å²) in [5.41, 5.74) is 0.626. The predicted molar refractivity (Wildman–Crippen MR) is 137 cm³/mol. The number of carbonyl (C=O) groups is 2. The van der Waals surface area contributed by atoms with Crippen molar-refractivity contribution >= 4 is 39.0 Å². The first-order valence-electron chi connectivity index (χ1n) is 11.5. The largest absolute Gasteiger partial charge is 0.457 e. The Hall–Kier alpha value is -4.82. The van der Waals surface area contributed by atoms with Crippen molar-refractivity contribution in [3.8, 4) is 17.4 Å². The maximum absolute atomic E-state index is 13.8. The first-order valence-corrected chi connectivity index (χ1v) is 13.4. The first-order chi connectivity index (χ1) is 18.2. The lowest BCUT2D eigenvalue weighted by molar-refractivity contribution is -0.384. The lowest BCUT2D eigenvalue weighted by atomic mass is 9.87. The van der Waals surface area contributed by atoms with Crippen LogP contribution in [0.1, 0.15) is 17.7 Å². The van der Waals surface area contributed by atoms with Gasteiger partial charge < -0.3 is 4.42 Å². The molecule has 0 aliphatic carbocycles. The maximum Gasteiger partial charge on any atom is 0.272 e. The minimum Gasteiger partial charge on any atom is -0.457 e. The van der Waals surface area contributed by atoms with E-state index in [-0.39, 0.29) is 46.1 Å². The Bertz CT molecular complexity index is 1700. The summed E-state index contributed by atoms with van der Waals surface area (Å²) in [5, 5.41) is 21.1. The van der Waals surface area contributed by atoms with Crippen LogP contribution in [0.25, 0.3) is 23.0 Å². The number of nitro benzene ring substituents is 1. The Morgan fingerprint density at radius 2 is 1.76 bits per heavy atom. The highest BCUT2D eigenvalue weighted by Crippen LogP contribution is 2.37. The number of benzene rings is 2. The number of nitrogens with zero attached hydrogens (tertiary/aromatic N) is 3. The lowest BCUT2D eigenvalue weighted by Gasteiger charge is -2.32. The van der Waals surface area contributed by atoms with Gasteiger partial charge in [-0.3, -0.25) is 24.6 Å². The second kappa shape index (κ2) is 9.57. The molecule has 0 bridgehead atoms. The zero-order valence-corrected chi connectivity index (χ0v) is 20.6. The molecule has 2 aliphatic heterocycles. The van der Waals surface area contributed by atoms with Gasteiger partial charge in [0.25, 0.3) is 17.5 Å². The van der Waals surface area contributed by atoms with E-state index in [1.165, 1.54) is 24.3 Å². The van der Waals surface area contributed by atoms with E-state index in [0.717, 1.165) is 4.90 Å². The van der Waals surface area contributed by atoms with E-state index in [9.17, 15) is 33.4 Å². The predicted octanol–water partition coefficient (Wildman–Crippen LogP) is 3.77. The van der Waals surface area contributed by atoms with Crippen molar-refractivity contribution in [2.24, 2.45) is 0 Å². The maximum atomic E-state index is 13.8. The molecular weight excluding hydrogens is 510 g/mol. The number of carbonyl (C=O) groups excluding carboxylic acids is 2. The molecule has 3 aromatic rings. The number of hydrogen-bond acceptors (Lipinski definition) is 8. The molecular formula is C27H19N3O7S. The Morgan fingerprint density at radius 1 is 1.03 bits per heavy atom. The molecule has 1 atom stereocenters. The Kier molecular flexibility index (Phi) is 6.26. The van der Waals surface area contributed by atoms with Gasteiger partial charge >= 0.3 is 0 Å². The third-order valence-electron chi connectivity index (χ3n) is 6.40. The van der Waals surface area contributed by atoms with Crippen molar-refractivity contribution in [1.82, 2.24) is 4.90 Å². The quantitative estimate of drug-likeness (QED) is 0.210. The molecule has 1 unspecified atom stereocenters. The van der Waals surface area contributed by atoms with Crippen molar-refractivity contribution < 1.29 is 27.3 Å². The highest BCUT2D eigenvalue weighted by atomic mass is 32.2. The number of non-ortho nitro benzene ring substituents is 1. The van der Waals surface area contributed by atoms with Gasteiger partial charge in [-0.1, -0.05) is 42.5 Å². The first kappa shape index (κ1) is 24.9. The standard InChI is InChI=1S/C27H19N3O7S/c28-15-23-25(17-5-2-1-3-6-17)22(26(31)29(27(23)32)20-11-12-38(35,36)16-20)14-21-9-10-24(37-21)18-7-4-8-19(13-18)30(33)34/h1-10,13-14,20H,11-12,16H2/b22-14-. The van der Waals surface area contributed by atoms with E-state index >= 15 is 0 Å². The third-order valence-corrected chi connectivity index (χ3v) is 8.15. The molecule has 11 heteroatoms. The molecule has 2 aromatic carbocycles. The van der Waals surface area contributed by atoms with Gasteiger partial charge in [0.2, 0.25) is 0 Å². The van der Waals surface area contributed by atoms with Crippen LogP contribution in [0.15, 0.2) is 82.3 Å². The Balaban J connectivity index is 1.64. The summed E-state index contributed by atoms with van der Waals surface area (Å²) in [5.74, 6) is -1.58. The molecule has 0 N–H and O–H groups in total. The molecule has 1 aromatic heterocycles. The van der Waals surface area contributed by atoms with Crippen LogP contribution in [0.4, 0.5) is 5.69 Å². The SMILES string of the molecule is N#CC1=C(c2ccccc2)/C(=C/c2ccc(-c3cccc([N+](=O)[O-])c3)o2)C(=O)N(C2CCS(=O)(=O)C2)C1=O. The molecule has 190 valence electrons. The van der Waals surface area contributed by atoms with Crippen molar-refractivity contribution in [1.29, 1.82) is 5.26 Å². The van der Waals surface area contributed by atoms with Gasteiger partial charge in [0.05, 0.1) is 28.0 Å². The van der Waals surface area contributed by atoms with Crippen molar-refractivity contribution in [3.05, 3.63) is 99.3 Å². The summed E-state index contributed by atoms with van der Waals surface area (Å²) in [6, 6.07) is 18.5. The van der Waals surface area contributed by atoms with Gasteiger partial charge in [-0.25, -0.2) is 8.42 Å². The van der Waals surface area contributed by atoms with Gasteiger partial charge in [-0.2, -0.15) is 5.26 Å². The second-order valence-electron chi connectivity index (χ2n) is 8.83. The monoisotopic (exact) mass is 529 g/mol. The normalized spacial score (nSPS) is 20.1. The summed E-state index contributed by atoms with van der Waals surface area (Å²) in [4.78, 5) is 38.6. The minimum absolute atomic E-state index is 0.00316. The van der Waals surface area contributed by atoms with Gasteiger partial charge in [-0.15, -0.1) is 0 Å². The van der Waals surface area contributed by atoms with Crippen molar-refractivity contribution in [2.75, 3.05) is 11.5 Å². The average molecular weight is 530 g/mol. The topological polar surface area (TPSA) is 152 Å². The lowest BCUT2D eigenvalue weighted by Crippen LogP contribution is -2.49. The van der Waals surface area contributed by atoms with Crippen LogP contribution in [-0.2, 0) is 19.4 Å². The van der Waals surface area contributed by atoms with Crippen LogP contribution in [0.5, 0.6) is 0 Å². The Labute approximate surface area is 217 Å². The fourth-order valence-electron chi connectivity index (χ4n) is 4.64. The van der Waals surface area contributed by atoms with Gasteiger partial charge in [-0.05, 0) is 30.2 Å². The molecule has 1 saturated heterocycles. The van der Waals surface area contributed by atoms with E-state index in [1.807, 2.05) is 6.07 Å². The van der Waals surface area contributed by atoms with Crippen LogP contribution in [0.2, 0.25) is 0 Å². The number of hydrogen-bond donors (Lipinski definition) is 0. The number of rotatable bonds is 5. The average Bonchev–Trinajstić information content (AvgIpc) is 3.52. The molecule has 3 heterocycles. The smallest absolute Gasteiger partial charge is 0.272 e. The molecule has 2 amide bonds. The zero-order valence-electron chi connectivity index (χ0n) is 19.7. The van der Waals surface area contributed by atoms with Crippen LogP contribution < -0.4 is 0 Å². The summed E-state index contributed by atoms with van der Waals surface area (Å²) >= 11 is 0. The number of nitro groups is 1. The van der Waals surface area contributed by atoms with Gasteiger partial charge in [0.1, 0.15) is 23.2 Å². The molecule has 1 fully saturated rings. The van der Waals surface area contributed by atoms with Gasteiger partial charge in [0.15, 0.2) is 9.84 Å². The minimum atomic E-state index is -3.43. The van der Waals surface area contributed by atoms with Crippen molar-refractivity contribution in [3.63, 3.8) is 0 Å². The number of imide groups is 1. The van der Waals surface area contributed by atoms with E-state index in [4.69, 9.17) is 4.42 Å². The Morgan fingerprint density at radius 3 is 2.42 bits per heavy atom. The van der Waals surface area contributed by atoms with Crippen LogP contribution in [0, 0.1) is 21.4 Å². The molecule has 38 heavy (non-hydrogen) atoms. The van der Waals surface area contributed by atoms with Crippen LogP contribution in [0.3, 0.4) is 0 Å². The highest BCUT2D eigenvalue weighted by molar-refractivity contribution is 7.91. The second-order valence-corrected chi connectivity index (χ2v) is 11.1. The summed E-state index contributed by atoms with van der Waals surface area (Å²) in [7, 11) is -3.43. The third kappa shape index (κ3) is 4.53. The fraction of sp³-hybridized carbons (Fsp3) is 0.148. The van der Waals surface area contributed by atoms with Crippen LogP contribution >= 0.6 is 0 Å². The van der Waals surface area contributed by atoms with E-state index in [2.05, 4.69) is 0 Å². The zero-order chi connectivity index (χ0) is 27.0. The van der Waals surface area contributed by atoms with E-state index in [0.29, 0.717) is 16.9 Å². The number of furan rings is 1. The molecule has 0 radical (unpaired) electrons. The molecule has 2 aliphatic rings. The number of sulfone groups is 1. The number of amides is 2. The van der Waals surface area contributed by atoms with E-state index < -0.39 is 32.6 Å². The van der Waals surface area contributed by atoms with Gasteiger partial charge in [0, 0.05) is 23.3 Å². The summed E-state index contributed by atoms with van der Waals surface area (Å²) in [6.07, 6.45) is 1.48. The van der Waals surface area contributed by atoms with Crippen LogP contribution in [-0.4, -0.2) is 47.6 Å². The highest BCUT2D eigenvalue weighted by Gasteiger charge is 2.45. The molecule has 0 spiro atoms. The summed E-state index contributed by atoms with van der Waals surface area (Å²) < 4.78 is 30.1. The number of nitriles is 1. The van der Waals surface area contributed by atoms with E-state index in [1.54, 1.807) is 48.5 Å². The van der Waals surface area contributed by atoms with Crippen molar-refractivity contribution in [2.45, 2.75) is 12.5 Å².